The molecule has 1 heterocycles. The number of hydrogen-bond acceptors (Lipinski definition) is 2. The van der Waals surface area contributed by atoms with Crippen molar-refractivity contribution in [3.05, 3.63) is 41.2 Å². The van der Waals surface area contributed by atoms with Gasteiger partial charge < -0.3 is 5.32 Å². The Morgan fingerprint density at radius 1 is 1.15 bits per heavy atom. The predicted octanol–water partition coefficient (Wildman–Crippen LogP) is 3.68. The van der Waals surface area contributed by atoms with Gasteiger partial charge in [-0.25, -0.2) is 0 Å². The average Bonchev–Trinajstić information content (AvgIpc) is 2.72. The molecule has 0 aliphatic carbocycles. The maximum atomic E-state index is 4.59. The lowest BCUT2D eigenvalue weighted by molar-refractivity contribution is 0.589. The summed E-state index contributed by atoms with van der Waals surface area (Å²) in [6.07, 6.45) is 0. The van der Waals surface area contributed by atoms with Crippen molar-refractivity contribution in [3.8, 4) is 11.1 Å². The van der Waals surface area contributed by atoms with Gasteiger partial charge in [-0.05, 0) is 31.9 Å². The van der Waals surface area contributed by atoms with Crippen molar-refractivity contribution in [2.24, 2.45) is 0 Å². The topological polar surface area (TPSA) is 29.9 Å². The Balaban J connectivity index is 2.24. The lowest BCUT2D eigenvalue weighted by atomic mass is 10.0. The van der Waals surface area contributed by atoms with Crippen molar-refractivity contribution in [1.29, 1.82) is 0 Å². The summed E-state index contributed by atoms with van der Waals surface area (Å²) < 4.78 is 2.07. The normalized spacial score (nSPS) is 11.3. The number of nitrogens with zero attached hydrogens (tertiary/aromatic N) is 2. The monoisotopic (exact) mass is 271 g/mol. The van der Waals surface area contributed by atoms with Crippen LogP contribution in [0.3, 0.4) is 0 Å². The smallest absolute Gasteiger partial charge is 0.0674 e. The van der Waals surface area contributed by atoms with Gasteiger partial charge in [-0.2, -0.15) is 5.10 Å². The van der Waals surface area contributed by atoms with E-state index >= 15 is 0 Å². The summed E-state index contributed by atoms with van der Waals surface area (Å²) in [6.45, 7) is 12.5. The summed E-state index contributed by atoms with van der Waals surface area (Å²) in [5.41, 5.74) is 6.21. The number of aryl methyl sites for hydroxylation is 2. The number of aromatic nitrogens is 2. The highest BCUT2D eigenvalue weighted by atomic mass is 15.3. The van der Waals surface area contributed by atoms with Gasteiger partial charge in [0.25, 0.3) is 0 Å². The number of rotatable bonds is 5. The van der Waals surface area contributed by atoms with E-state index in [9.17, 15) is 0 Å². The quantitative estimate of drug-likeness (QED) is 0.899. The molecule has 0 aliphatic heterocycles. The van der Waals surface area contributed by atoms with Gasteiger partial charge in [0.1, 0.15) is 0 Å². The largest absolute Gasteiger partial charge is 0.310 e. The minimum atomic E-state index is 0.516. The molecule has 2 aromatic rings. The van der Waals surface area contributed by atoms with Crippen molar-refractivity contribution < 1.29 is 0 Å². The fourth-order valence-corrected chi connectivity index (χ4v) is 2.53. The molecule has 0 atom stereocenters. The molecule has 0 amide bonds. The molecule has 0 fully saturated rings. The number of nitrogens with one attached hydrogen (secondary N) is 1. The van der Waals surface area contributed by atoms with Crippen molar-refractivity contribution in [2.75, 3.05) is 0 Å². The van der Waals surface area contributed by atoms with E-state index in [1.807, 2.05) is 0 Å². The van der Waals surface area contributed by atoms with E-state index in [0.29, 0.717) is 6.04 Å². The molecule has 0 aliphatic rings. The summed E-state index contributed by atoms with van der Waals surface area (Å²) in [6, 6.07) is 9.32. The van der Waals surface area contributed by atoms with Crippen LogP contribution in [0, 0.1) is 13.8 Å². The number of hydrogen-bond donors (Lipinski definition) is 1. The zero-order valence-corrected chi connectivity index (χ0v) is 13.2. The SMILES string of the molecule is CCn1nc(C)c(-c2ccc(CNC(C)C)cc2)c1C. The Kier molecular flexibility index (Phi) is 4.61. The molecule has 20 heavy (non-hydrogen) atoms. The zero-order valence-electron chi connectivity index (χ0n) is 13.2. The summed E-state index contributed by atoms with van der Waals surface area (Å²) in [4.78, 5) is 0. The molecule has 3 nitrogen and oxygen atoms in total. The molecule has 0 unspecified atom stereocenters. The molecule has 1 N–H and O–H groups in total. The molecule has 0 saturated carbocycles. The fraction of sp³-hybridized carbons (Fsp3) is 0.471. The van der Waals surface area contributed by atoms with Crippen molar-refractivity contribution in [1.82, 2.24) is 15.1 Å². The second kappa shape index (κ2) is 6.23. The Bertz CT molecular complexity index is 565. The molecule has 1 aromatic heterocycles. The van der Waals surface area contributed by atoms with Crippen molar-refractivity contribution in [2.45, 2.75) is 53.8 Å². The Hall–Kier alpha value is -1.61. The molecule has 108 valence electrons. The molecule has 0 saturated heterocycles. The van der Waals surface area contributed by atoms with Crippen LogP contribution in [0.2, 0.25) is 0 Å². The standard InChI is InChI=1S/C17H25N3/c1-6-20-14(5)17(13(4)19-20)16-9-7-15(8-10-16)11-18-12(2)3/h7-10,12,18H,6,11H2,1-5H3. The van der Waals surface area contributed by atoms with Crippen LogP contribution >= 0.6 is 0 Å². The van der Waals surface area contributed by atoms with Crippen LogP contribution in [0.1, 0.15) is 37.7 Å². The molecule has 3 heteroatoms. The van der Waals surface area contributed by atoms with Crippen molar-refractivity contribution in [3.63, 3.8) is 0 Å². The van der Waals surface area contributed by atoms with Gasteiger partial charge >= 0.3 is 0 Å². The summed E-state index contributed by atoms with van der Waals surface area (Å²) in [5.74, 6) is 0. The summed E-state index contributed by atoms with van der Waals surface area (Å²) >= 11 is 0. The first kappa shape index (κ1) is 14.8. The van der Waals surface area contributed by atoms with Crippen LogP contribution in [-0.2, 0) is 13.1 Å². The van der Waals surface area contributed by atoms with E-state index in [2.05, 4.69) is 74.0 Å². The van der Waals surface area contributed by atoms with Crippen LogP contribution in [0.15, 0.2) is 24.3 Å². The predicted molar refractivity (Wildman–Crippen MR) is 84.8 cm³/mol. The van der Waals surface area contributed by atoms with Gasteiger partial charge in [0.05, 0.1) is 5.69 Å². The highest BCUT2D eigenvalue weighted by Crippen LogP contribution is 2.27. The van der Waals surface area contributed by atoms with Gasteiger partial charge in [-0.3, -0.25) is 4.68 Å². The molecular formula is C17H25N3. The lowest BCUT2D eigenvalue weighted by Crippen LogP contribution is -2.21. The molecular weight excluding hydrogens is 246 g/mol. The van der Waals surface area contributed by atoms with E-state index in [0.717, 1.165) is 18.8 Å². The average molecular weight is 271 g/mol. The van der Waals surface area contributed by atoms with Gasteiger partial charge in [0.2, 0.25) is 0 Å². The van der Waals surface area contributed by atoms with Crippen LogP contribution in [-0.4, -0.2) is 15.8 Å². The van der Waals surface area contributed by atoms with Gasteiger partial charge in [-0.15, -0.1) is 0 Å². The van der Waals surface area contributed by atoms with Crippen LogP contribution in [0.4, 0.5) is 0 Å². The molecule has 2 rings (SSSR count). The Labute approximate surface area is 122 Å². The first-order chi connectivity index (χ1) is 9.52. The Morgan fingerprint density at radius 3 is 2.30 bits per heavy atom. The molecule has 0 spiro atoms. The third-order valence-corrected chi connectivity index (χ3v) is 3.64. The second-order valence-electron chi connectivity index (χ2n) is 5.59. The first-order valence-electron chi connectivity index (χ1n) is 7.39. The second-order valence-corrected chi connectivity index (χ2v) is 5.59. The summed E-state index contributed by atoms with van der Waals surface area (Å²) in [7, 11) is 0. The minimum Gasteiger partial charge on any atom is -0.310 e. The van der Waals surface area contributed by atoms with E-state index < -0.39 is 0 Å². The van der Waals surface area contributed by atoms with Crippen LogP contribution < -0.4 is 5.32 Å². The zero-order chi connectivity index (χ0) is 14.7. The molecule has 0 radical (unpaired) electrons. The maximum Gasteiger partial charge on any atom is 0.0674 e. The Morgan fingerprint density at radius 2 is 1.80 bits per heavy atom. The lowest BCUT2D eigenvalue weighted by Gasteiger charge is -2.09. The first-order valence-corrected chi connectivity index (χ1v) is 7.39. The molecule has 0 bridgehead atoms. The van der Waals surface area contributed by atoms with Crippen LogP contribution in [0.25, 0.3) is 11.1 Å². The van der Waals surface area contributed by atoms with E-state index in [1.165, 1.54) is 22.4 Å². The molecule has 1 aromatic carbocycles. The minimum absolute atomic E-state index is 0.516. The highest BCUT2D eigenvalue weighted by Gasteiger charge is 2.12. The highest BCUT2D eigenvalue weighted by molar-refractivity contribution is 5.68. The third-order valence-electron chi connectivity index (χ3n) is 3.64. The number of benzene rings is 1. The van der Waals surface area contributed by atoms with Crippen LogP contribution in [0.5, 0.6) is 0 Å². The van der Waals surface area contributed by atoms with E-state index in [1.54, 1.807) is 0 Å². The van der Waals surface area contributed by atoms with Crippen molar-refractivity contribution >= 4 is 0 Å². The summed E-state index contributed by atoms with van der Waals surface area (Å²) in [5, 5.41) is 8.03. The van der Waals surface area contributed by atoms with Gasteiger partial charge in [0, 0.05) is 30.4 Å². The fourth-order valence-electron chi connectivity index (χ4n) is 2.53. The van der Waals surface area contributed by atoms with E-state index in [-0.39, 0.29) is 0 Å². The van der Waals surface area contributed by atoms with Gasteiger partial charge in [0.15, 0.2) is 0 Å². The third kappa shape index (κ3) is 3.10. The van der Waals surface area contributed by atoms with E-state index in [4.69, 9.17) is 0 Å². The maximum absolute atomic E-state index is 4.59. The van der Waals surface area contributed by atoms with Gasteiger partial charge in [-0.1, -0.05) is 38.1 Å².